The van der Waals surface area contributed by atoms with E-state index in [9.17, 15) is 35.1 Å². The van der Waals surface area contributed by atoms with Crippen LogP contribution in [0.25, 0.3) is 22.3 Å². The van der Waals surface area contributed by atoms with Crippen molar-refractivity contribution < 1.29 is 39.9 Å². The minimum Gasteiger partial charge on any atom is -0.487 e. The number of rotatable bonds is 3. The fraction of sp³-hybridized carbons (Fsp3) is 0.217. The van der Waals surface area contributed by atoms with E-state index in [1.807, 2.05) is 0 Å². The second-order valence-electron chi connectivity index (χ2n) is 8.02. The molecule has 3 rings (SSSR count). The van der Waals surface area contributed by atoms with Gasteiger partial charge in [-0.05, 0) is 39.3 Å². The molecule has 0 aliphatic carbocycles. The van der Waals surface area contributed by atoms with E-state index in [-0.39, 0.29) is 5.56 Å². The molecule has 3 aromatic rings. The molecule has 0 amide bonds. The van der Waals surface area contributed by atoms with E-state index in [2.05, 4.69) is 0 Å². The molecule has 9 heteroatoms. The number of para-hydroxylation sites is 1. The number of aryl methyl sites for hydroxylation is 1. The van der Waals surface area contributed by atoms with Gasteiger partial charge in [0.2, 0.25) is 5.82 Å². The summed E-state index contributed by atoms with van der Waals surface area (Å²) in [6.07, 6.45) is 0. The molecule has 0 N–H and O–H groups in total. The van der Waals surface area contributed by atoms with Crippen molar-refractivity contribution in [3.05, 3.63) is 76.4 Å². The largest absolute Gasteiger partial charge is 0.487 e. The molecule has 0 unspecified atom stereocenters. The first-order chi connectivity index (χ1) is 14.8. The third-order valence-corrected chi connectivity index (χ3v) is 4.51. The minimum absolute atomic E-state index is 0.276. The SMILES string of the molecule is Cc1cc(F)c(F)c(-c2cccc(-c3c(F)c(F)c(F)c(F)c3F)c2OC(C)(C)C)c1F. The van der Waals surface area contributed by atoms with Crippen LogP contribution in [-0.2, 0) is 0 Å². The molecule has 0 fully saturated rings. The van der Waals surface area contributed by atoms with Gasteiger partial charge < -0.3 is 4.74 Å². The van der Waals surface area contributed by atoms with Crippen LogP contribution in [0.5, 0.6) is 5.75 Å². The molecule has 3 aromatic carbocycles. The Labute approximate surface area is 178 Å². The van der Waals surface area contributed by atoms with Crippen molar-refractivity contribution >= 4 is 0 Å². The van der Waals surface area contributed by atoms with E-state index in [4.69, 9.17) is 4.74 Å². The summed E-state index contributed by atoms with van der Waals surface area (Å²) in [5.41, 5.74) is -4.82. The lowest BCUT2D eigenvalue weighted by Gasteiger charge is -2.26. The van der Waals surface area contributed by atoms with Crippen molar-refractivity contribution in [3.63, 3.8) is 0 Å². The topological polar surface area (TPSA) is 9.23 Å². The molecule has 0 aromatic heterocycles. The number of hydrogen-bond acceptors (Lipinski definition) is 1. The third-order valence-electron chi connectivity index (χ3n) is 4.51. The van der Waals surface area contributed by atoms with E-state index in [0.29, 0.717) is 6.07 Å². The Morgan fingerprint density at radius 2 is 1.06 bits per heavy atom. The zero-order chi connectivity index (χ0) is 24.1. The highest BCUT2D eigenvalue weighted by Gasteiger charge is 2.31. The fourth-order valence-electron chi connectivity index (χ4n) is 3.15. The summed E-state index contributed by atoms with van der Waals surface area (Å²) in [4.78, 5) is 0. The van der Waals surface area contributed by atoms with Gasteiger partial charge in [0.15, 0.2) is 34.9 Å². The number of benzene rings is 3. The maximum Gasteiger partial charge on any atom is 0.200 e. The first-order valence-electron chi connectivity index (χ1n) is 9.24. The summed E-state index contributed by atoms with van der Waals surface area (Å²) in [6.45, 7) is 5.61. The fourth-order valence-corrected chi connectivity index (χ4v) is 3.15. The van der Waals surface area contributed by atoms with Crippen LogP contribution in [-0.4, -0.2) is 5.60 Å². The van der Waals surface area contributed by atoms with Crippen molar-refractivity contribution in [1.82, 2.24) is 0 Å². The van der Waals surface area contributed by atoms with E-state index >= 15 is 0 Å². The van der Waals surface area contributed by atoms with E-state index < -0.39 is 80.1 Å². The van der Waals surface area contributed by atoms with Gasteiger partial charge in [0.05, 0.1) is 11.1 Å². The van der Waals surface area contributed by atoms with Crippen LogP contribution in [0.15, 0.2) is 24.3 Å². The molecule has 0 saturated heterocycles. The van der Waals surface area contributed by atoms with Gasteiger partial charge >= 0.3 is 0 Å². The predicted octanol–water partition coefficient (Wildman–Crippen LogP) is 7.62. The van der Waals surface area contributed by atoms with E-state index in [0.717, 1.165) is 18.2 Å². The molecule has 0 atom stereocenters. The zero-order valence-electron chi connectivity index (χ0n) is 17.2. The first kappa shape index (κ1) is 23.6. The number of hydrogen-bond donors (Lipinski definition) is 0. The van der Waals surface area contributed by atoms with Crippen molar-refractivity contribution in [3.8, 4) is 28.0 Å². The summed E-state index contributed by atoms with van der Waals surface area (Å²) < 4.78 is 119. The van der Waals surface area contributed by atoms with Gasteiger partial charge in [-0.3, -0.25) is 0 Å². The standard InChI is InChI=1S/C23H16F8O/c1-9-8-12(24)16(26)13(15(9)25)10-6-5-7-11(22(10)32-23(2,3)4)14-17(27)19(29)21(31)20(30)18(14)28/h5-8H,1-4H3. The highest BCUT2D eigenvalue weighted by molar-refractivity contribution is 5.84. The maximum atomic E-state index is 14.8. The van der Waals surface area contributed by atoms with Gasteiger partial charge in [-0.25, -0.2) is 35.1 Å². The Bertz CT molecular complexity index is 1170. The molecule has 170 valence electrons. The van der Waals surface area contributed by atoms with Crippen molar-refractivity contribution in [2.75, 3.05) is 0 Å². The average Bonchev–Trinajstić information content (AvgIpc) is 2.70. The molecule has 0 aliphatic heterocycles. The second-order valence-corrected chi connectivity index (χ2v) is 8.02. The maximum absolute atomic E-state index is 14.8. The molecule has 0 saturated carbocycles. The van der Waals surface area contributed by atoms with E-state index in [1.165, 1.54) is 27.7 Å². The molecule has 32 heavy (non-hydrogen) atoms. The molecule has 0 heterocycles. The van der Waals surface area contributed by atoms with Crippen LogP contribution in [0.1, 0.15) is 26.3 Å². The first-order valence-corrected chi connectivity index (χ1v) is 9.24. The lowest BCUT2D eigenvalue weighted by molar-refractivity contribution is 0.132. The van der Waals surface area contributed by atoms with Gasteiger partial charge in [-0.2, -0.15) is 0 Å². The lowest BCUT2D eigenvalue weighted by Crippen LogP contribution is -2.24. The minimum atomic E-state index is -2.36. The Morgan fingerprint density at radius 3 is 1.53 bits per heavy atom. The number of ether oxygens (including phenoxy) is 1. The van der Waals surface area contributed by atoms with Crippen LogP contribution in [0.4, 0.5) is 35.1 Å². The molecular weight excluding hydrogens is 444 g/mol. The Kier molecular flexibility index (Phi) is 5.97. The Hall–Kier alpha value is -3.10. The van der Waals surface area contributed by atoms with Gasteiger partial charge in [0.25, 0.3) is 0 Å². The van der Waals surface area contributed by atoms with Crippen molar-refractivity contribution in [2.24, 2.45) is 0 Å². The molecule has 0 aliphatic rings. The molecule has 0 bridgehead atoms. The van der Waals surface area contributed by atoms with Crippen molar-refractivity contribution in [1.29, 1.82) is 0 Å². The summed E-state index contributed by atoms with van der Waals surface area (Å²) >= 11 is 0. The summed E-state index contributed by atoms with van der Waals surface area (Å²) in [5, 5.41) is 0. The second kappa shape index (κ2) is 8.11. The van der Waals surface area contributed by atoms with Crippen LogP contribution in [0, 0.1) is 53.5 Å². The van der Waals surface area contributed by atoms with Crippen LogP contribution < -0.4 is 4.74 Å². The van der Waals surface area contributed by atoms with E-state index in [1.54, 1.807) is 0 Å². The quantitative estimate of drug-likeness (QED) is 0.222. The highest BCUT2D eigenvalue weighted by Crippen LogP contribution is 2.45. The lowest BCUT2D eigenvalue weighted by atomic mass is 9.94. The van der Waals surface area contributed by atoms with Crippen LogP contribution >= 0.6 is 0 Å². The molecular formula is C23H16F8O. The molecule has 1 nitrogen and oxygen atoms in total. The average molecular weight is 460 g/mol. The smallest absolute Gasteiger partial charge is 0.200 e. The molecule has 0 radical (unpaired) electrons. The van der Waals surface area contributed by atoms with Crippen LogP contribution in [0.3, 0.4) is 0 Å². The van der Waals surface area contributed by atoms with Crippen molar-refractivity contribution in [2.45, 2.75) is 33.3 Å². The zero-order valence-corrected chi connectivity index (χ0v) is 17.2. The Balaban J connectivity index is 2.49. The molecule has 0 spiro atoms. The normalized spacial score (nSPS) is 11.8. The van der Waals surface area contributed by atoms with Crippen LogP contribution in [0.2, 0.25) is 0 Å². The summed E-state index contributed by atoms with van der Waals surface area (Å²) in [7, 11) is 0. The summed E-state index contributed by atoms with van der Waals surface area (Å²) in [6, 6.07) is 3.73. The van der Waals surface area contributed by atoms with Gasteiger partial charge in [0, 0.05) is 11.1 Å². The summed E-state index contributed by atoms with van der Waals surface area (Å²) in [5.74, 6) is -15.9. The van der Waals surface area contributed by atoms with Gasteiger partial charge in [0.1, 0.15) is 17.2 Å². The van der Waals surface area contributed by atoms with Gasteiger partial charge in [-0.15, -0.1) is 0 Å². The third kappa shape index (κ3) is 3.91. The highest BCUT2D eigenvalue weighted by atomic mass is 19.2. The Morgan fingerprint density at radius 1 is 0.625 bits per heavy atom. The monoisotopic (exact) mass is 460 g/mol. The van der Waals surface area contributed by atoms with Gasteiger partial charge in [-0.1, -0.05) is 18.2 Å². The predicted molar refractivity (Wildman–Crippen MR) is 102 cm³/mol. The number of halogens is 8.